The molecule has 0 radical (unpaired) electrons. The maximum absolute atomic E-state index is 11.4. The molecule has 17 heavy (non-hydrogen) atoms. The average molecular weight is 267 g/mol. The van der Waals surface area contributed by atoms with E-state index in [0.29, 0.717) is 5.75 Å². The van der Waals surface area contributed by atoms with Gasteiger partial charge in [0.05, 0.1) is 30.1 Å². The molecule has 0 spiro atoms. The van der Waals surface area contributed by atoms with Crippen LogP contribution in [0.3, 0.4) is 0 Å². The highest BCUT2D eigenvalue weighted by atomic mass is 32.2. The molecule has 2 aliphatic heterocycles. The maximum atomic E-state index is 11.4. The van der Waals surface area contributed by atoms with Crippen LogP contribution in [-0.4, -0.2) is 30.6 Å². The number of anilines is 1. The molecule has 0 atom stereocenters. The molecular weight excluding hydrogens is 254 g/mol. The third-order valence-electron chi connectivity index (χ3n) is 3.28. The minimum absolute atomic E-state index is 0.0327. The molecule has 1 saturated heterocycles. The predicted molar refractivity (Wildman–Crippen MR) is 72.1 cm³/mol. The molecule has 1 fully saturated rings. The van der Waals surface area contributed by atoms with Crippen LogP contribution in [0, 0.1) is 0 Å². The summed E-state index contributed by atoms with van der Waals surface area (Å²) >= 11 is 6.00. The highest BCUT2D eigenvalue weighted by Gasteiger charge is 2.39. The van der Waals surface area contributed by atoms with E-state index in [1.807, 2.05) is 0 Å². The van der Waals surface area contributed by atoms with Gasteiger partial charge in [-0.1, -0.05) is 6.07 Å². The number of hydrogen-bond donors (Lipinski definition) is 2. The molecule has 1 aromatic rings. The number of fused-ring (bicyclic) bond motifs is 1. The number of amides is 1. The van der Waals surface area contributed by atoms with Crippen molar-refractivity contribution >= 4 is 36.0 Å². The Morgan fingerprint density at radius 3 is 2.94 bits per heavy atom. The third-order valence-corrected chi connectivity index (χ3v) is 4.96. The lowest BCUT2D eigenvalue weighted by molar-refractivity contribution is -0.113. The molecule has 0 aliphatic carbocycles. The van der Waals surface area contributed by atoms with Crippen LogP contribution in [0.15, 0.2) is 23.1 Å². The van der Waals surface area contributed by atoms with Gasteiger partial charge in [0.2, 0.25) is 5.91 Å². The smallest absolute Gasteiger partial charge is 0.234 e. The highest BCUT2D eigenvalue weighted by molar-refractivity contribution is 8.00. The lowest BCUT2D eigenvalue weighted by atomic mass is 9.80. The number of ether oxygens (including phenoxy) is 1. The molecule has 0 bridgehead atoms. The van der Waals surface area contributed by atoms with Gasteiger partial charge in [-0.25, -0.2) is 0 Å². The van der Waals surface area contributed by atoms with E-state index in [1.54, 1.807) is 11.8 Å². The van der Waals surface area contributed by atoms with E-state index in [-0.39, 0.29) is 11.3 Å². The number of thiol groups is 1. The van der Waals surface area contributed by atoms with Crippen molar-refractivity contribution in [3.8, 4) is 0 Å². The Labute approximate surface area is 110 Å². The molecular formula is C12H13NO2S2. The second-order valence-corrected chi connectivity index (χ2v) is 5.81. The number of hydrogen-bond acceptors (Lipinski definition) is 4. The summed E-state index contributed by atoms with van der Waals surface area (Å²) in [6.07, 6.45) is 0. The van der Waals surface area contributed by atoms with Crippen molar-refractivity contribution < 1.29 is 9.53 Å². The summed E-state index contributed by atoms with van der Waals surface area (Å²) in [6, 6.07) is 6.28. The fourth-order valence-corrected chi connectivity index (χ4v) is 3.26. The minimum Gasteiger partial charge on any atom is -0.379 e. The van der Waals surface area contributed by atoms with Crippen molar-refractivity contribution in [2.75, 3.05) is 30.0 Å². The first-order chi connectivity index (χ1) is 8.23. The molecule has 1 N–H and O–H groups in total. The molecule has 0 unspecified atom stereocenters. The topological polar surface area (TPSA) is 38.3 Å². The van der Waals surface area contributed by atoms with Crippen LogP contribution in [0.25, 0.3) is 0 Å². The van der Waals surface area contributed by atoms with Crippen LogP contribution in [0.1, 0.15) is 5.56 Å². The van der Waals surface area contributed by atoms with Gasteiger partial charge >= 0.3 is 0 Å². The van der Waals surface area contributed by atoms with Crippen molar-refractivity contribution in [3.63, 3.8) is 0 Å². The minimum atomic E-state index is 0.0327. The van der Waals surface area contributed by atoms with Crippen molar-refractivity contribution in [2.45, 2.75) is 10.3 Å². The Bertz CT molecular complexity index is 466. The zero-order valence-corrected chi connectivity index (χ0v) is 10.9. The van der Waals surface area contributed by atoms with Gasteiger partial charge in [-0.05, 0) is 17.7 Å². The number of carbonyl (C=O) groups excluding carboxylic acids is 1. The van der Waals surface area contributed by atoms with Gasteiger partial charge in [0.25, 0.3) is 0 Å². The Balaban J connectivity index is 1.97. The number of rotatable bonds is 2. The van der Waals surface area contributed by atoms with Gasteiger partial charge in [0, 0.05) is 10.6 Å². The maximum Gasteiger partial charge on any atom is 0.234 e. The summed E-state index contributed by atoms with van der Waals surface area (Å²) in [6.45, 7) is 1.44. The molecule has 3 nitrogen and oxygen atoms in total. The Morgan fingerprint density at radius 1 is 1.47 bits per heavy atom. The largest absolute Gasteiger partial charge is 0.379 e. The van der Waals surface area contributed by atoms with Crippen molar-refractivity contribution in [2.24, 2.45) is 0 Å². The summed E-state index contributed by atoms with van der Waals surface area (Å²) in [5.41, 5.74) is 2.17. The Kier molecular flexibility index (Phi) is 2.84. The molecule has 0 aromatic heterocycles. The zero-order chi connectivity index (χ0) is 11.9. The summed E-state index contributed by atoms with van der Waals surface area (Å²) < 4.78 is 5.31. The standard InChI is InChI=1S/C12H13NO2S2/c14-11-4-17-10-2-1-8(3-9(10)13-11)12(7-16)5-15-6-12/h1-3,16H,4-7H2,(H,13,14). The number of benzene rings is 1. The molecule has 2 aliphatic rings. The van der Waals surface area contributed by atoms with E-state index >= 15 is 0 Å². The number of nitrogens with one attached hydrogen (secondary N) is 1. The molecule has 3 rings (SSSR count). The lowest BCUT2D eigenvalue weighted by Crippen LogP contribution is -2.48. The summed E-state index contributed by atoms with van der Waals surface area (Å²) in [5.74, 6) is 1.35. The van der Waals surface area contributed by atoms with Gasteiger partial charge in [-0.15, -0.1) is 11.8 Å². The Morgan fingerprint density at radius 2 is 2.29 bits per heavy atom. The molecule has 2 heterocycles. The first-order valence-electron chi connectivity index (χ1n) is 5.49. The predicted octanol–water partition coefficient (Wildman–Crippen LogP) is 1.93. The molecule has 1 amide bonds. The van der Waals surface area contributed by atoms with Gasteiger partial charge in [-0.3, -0.25) is 4.79 Å². The first kappa shape index (κ1) is 11.4. The second kappa shape index (κ2) is 4.23. The molecule has 0 saturated carbocycles. The van der Waals surface area contributed by atoms with Gasteiger partial charge in [0.1, 0.15) is 0 Å². The fourth-order valence-electron chi connectivity index (χ4n) is 2.11. The summed E-state index contributed by atoms with van der Waals surface area (Å²) in [5, 5.41) is 2.92. The van der Waals surface area contributed by atoms with Gasteiger partial charge < -0.3 is 10.1 Å². The summed E-state index contributed by atoms with van der Waals surface area (Å²) in [7, 11) is 0. The summed E-state index contributed by atoms with van der Waals surface area (Å²) in [4.78, 5) is 12.5. The fraction of sp³-hybridized carbons (Fsp3) is 0.417. The Hall–Kier alpha value is -0.650. The number of carbonyl (C=O) groups is 1. The molecule has 1 aromatic carbocycles. The SMILES string of the molecule is O=C1CSc2ccc(C3(CS)COC3)cc2N1. The normalized spacial score (nSPS) is 21.4. The van der Waals surface area contributed by atoms with Crippen LogP contribution in [-0.2, 0) is 14.9 Å². The van der Waals surface area contributed by atoms with Crippen LogP contribution >= 0.6 is 24.4 Å². The van der Waals surface area contributed by atoms with Gasteiger partial charge in [0.15, 0.2) is 0 Å². The van der Waals surface area contributed by atoms with E-state index in [1.165, 1.54) is 5.56 Å². The number of thioether (sulfide) groups is 1. The van der Waals surface area contributed by atoms with Crippen molar-refractivity contribution in [3.05, 3.63) is 23.8 Å². The van der Waals surface area contributed by atoms with Crippen LogP contribution in [0.4, 0.5) is 5.69 Å². The van der Waals surface area contributed by atoms with E-state index in [2.05, 4.69) is 36.1 Å². The highest BCUT2D eigenvalue weighted by Crippen LogP contribution is 2.39. The van der Waals surface area contributed by atoms with Crippen LogP contribution in [0.2, 0.25) is 0 Å². The molecule has 5 heteroatoms. The monoisotopic (exact) mass is 267 g/mol. The second-order valence-electron chi connectivity index (χ2n) is 4.48. The molecule has 90 valence electrons. The van der Waals surface area contributed by atoms with Crippen LogP contribution in [0.5, 0.6) is 0 Å². The van der Waals surface area contributed by atoms with Crippen LogP contribution < -0.4 is 5.32 Å². The third kappa shape index (κ3) is 1.86. The first-order valence-corrected chi connectivity index (χ1v) is 7.11. The van der Waals surface area contributed by atoms with Crippen molar-refractivity contribution in [1.82, 2.24) is 0 Å². The van der Waals surface area contributed by atoms with Crippen molar-refractivity contribution in [1.29, 1.82) is 0 Å². The lowest BCUT2D eigenvalue weighted by Gasteiger charge is -2.41. The average Bonchev–Trinajstić information content (AvgIpc) is 2.28. The van der Waals surface area contributed by atoms with E-state index in [0.717, 1.165) is 29.5 Å². The van der Waals surface area contributed by atoms with E-state index < -0.39 is 0 Å². The van der Waals surface area contributed by atoms with Gasteiger partial charge in [-0.2, -0.15) is 12.6 Å². The van der Waals surface area contributed by atoms with E-state index in [9.17, 15) is 4.79 Å². The quantitative estimate of drug-likeness (QED) is 0.804. The zero-order valence-electron chi connectivity index (χ0n) is 9.23. The van der Waals surface area contributed by atoms with E-state index in [4.69, 9.17) is 4.74 Å².